The summed E-state index contributed by atoms with van der Waals surface area (Å²) in [4.78, 5) is 11.6. The molecule has 0 aliphatic heterocycles. The lowest BCUT2D eigenvalue weighted by Gasteiger charge is -2.10. The van der Waals surface area contributed by atoms with E-state index in [4.69, 9.17) is 16.3 Å². The SMILES string of the molecule is Cc1ccccc1NCCOC(=O)Nc1ccccc1Cl. The number of amides is 1. The lowest BCUT2D eigenvalue weighted by molar-refractivity contribution is 0.166. The molecule has 5 heteroatoms. The number of hydrogen-bond donors (Lipinski definition) is 2. The third-order valence-corrected chi connectivity index (χ3v) is 3.24. The monoisotopic (exact) mass is 304 g/mol. The van der Waals surface area contributed by atoms with Gasteiger partial charge in [0, 0.05) is 12.2 Å². The highest BCUT2D eigenvalue weighted by molar-refractivity contribution is 6.33. The molecule has 2 N–H and O–H groups in total. The van der Waals surface area contributed by atoms with Gasteiger partial charge in [0.25, 0.3) is 0 Å². The molecule has 0 aliphatic carbocycles. The van der Waals surface area contributed by atoms with E-state index in [9.17, 15) is 4.79 Å². The number of carbonyl (C=O) groups is 1. The molecule has 2 rings (SSSR count). The summed E-state index contributed by atoms with van der Waals surface area (Å²) < 4.78 is 5.09. The molecule has 2 aromatic carbocycles. The summed E-state index contributed by atoms with van der Waals surface area (Å²) in [5.74, 6) is 0. The summed E-state index contributed by atoms with van der Waals surface area (Å²) in [5.41, 5.74) is 2.72. The molecule has 0 heterocycles. The quantitative estimate of drug-likeness (QED) is 0.809. The van der Waals surface area contributed by atoms with Crippen molar-refractivity contribution in [1.82, 2.24) is 0 Å². The van der Waals surface area contributed by atoms with Gasteiger partial charge < -0.3 is 10.1 Å². The van der Waals surface area contributed by atoms with Crippen molar-refractivity contribution in [2.75, 3.05) is 23.8 Å². The average Bonchev–Trinajstić information content (AvgIpc) is 2.48. The molecule has 110 valence electrons. The summed E-state index contributed by atoms with van der Waals surface area (Å²) in [6, 6.07) is 15.0. The van der Waals surface area contributed by atoms with Gasteiger partial charge in [0.1, 0.15) is 6.61 Å². The second-order valence-corrected chi connectivity index (χ2v) is 4.89. The number of aryl methyl sites for hydroxylation is 1. The molecule has 0 saturated heterocycles. The minimum Gasteiger partial charge on any atom is -0.447 e. The number of rotatable bonds is 5. The van der Waals surface area contributed by atoms with Crippen LogP contribution in [-0.4, -0.2) is 19.2 Å². The van der Waals surface area contributed by atoms with Crippen molar-refractivity contribution in [3.05, 3.63) is 59.1 Å². The predicted molar refractivity (Wildman–Crippen MR) is 86.1 cm³/mol. The Labute approximate surface area is 129 Å². The summed E-state index contributed by atoms with van der Waals surface area (Å²) in [6.07, 6.45) is -0.519. The van der Waals surface area contributed by atoms with Crippen LogP contribution in [0.5, 0.6) is 0 Å². The van der Waals surface area contributed by atoms with E-state index in [-0.39, 0.29) is 6.61 Å². The zero-order chi connectivity index (χ0) is 15.1. The van der Waals surface area contributed by atoms with E-state index < -0.39 is 6.09 Å². The van der Waals surface area contributed by atoms with E-state index in [2.05, 4.69) is 10.6 Å². The van der Waals surface area contributed by atoms with Gasteiger partial charge in [-0.15, -0.1) is 0 Å². The Morgan fingerprint density at radius 3 is 2.48 bits per heavy atom. The fraction of sp³-hybridized carbons (Fsp3) is 0.188. The Morgan fingerprint density at radius 2 is 1.76 bits per heavy atom. The number of hydrogen-bond acceptors (Lipinski definition) is 3. The van der Waals surface area contributed by atoms with E-state index in [1.807, 2.05) is 31.2 Å². The molecule has 0 saturated carbocycles. The van der Waals surface area contributed by atoms with Crippen molar-refractivity contribution in [2.24, 2.45) is 0 Å². The van der Waals surface area contributed by atoms with Gasteiger partial charge >= 0.3 is 6.09 Å². The first-order valence-electron chi connectivity index (χ1n) is 6.64. The molecule has 0 aromatic heterocycles. The highest BCUT2D eigenvalue weighted by Gasteiger charge is 2.05. The lowest BCUT2D eigenvalue weighted by Crippen LogP contribution is -2.18. The topological polar surface area (TPSA) is 50.4 Å². The number of para-hydroxylation sites is 2. The van der Waals surface area contributed by atoms with Crippen LogP contribution in [0.15, 0.2) is 48.5 Å². The van der Waals surface area contributed by atoms with Crippen LogP contribution in [0.1, 0.15) is 5.56 Å². The van der Waals surface area contributed by atoms with E-state index in [0.29, 0.717) is 17.3 Å². The van der Waals surface area contributed by atoms with Gasteiger partial charge in [-0.25, -0.2) is 4.79 Å². The van der Waals surface area contributed by atoms with Crippen molar-refractivity contribution in [2.45, 2.75) is 6.92 Å². The van der Waals surface area contributed by atoms with Crippen molar-refractivity contribution >= 4 is 29.1 Å². The van der Waals surface area contributed by atoms with Crippen LogP contribution in [0.25, 0.3) is 0 Å². The first-order valence-corrected chi connectivity index (χ1v) is 7.02. The number of benzene rings is 2. The molecule has 1 amide bonds. The predicted octanol–water partition coefficient (Wildman–Crippen LogP) is 4.31. The third kappa shape index (κ3) is 4.68. The first-order chi connectivity index (χ1) is 10.2. The molecule has 21 heavy (non-hydrogen) atoms. The molecule has 4 nitrogen and oxygen atoms in total. The van der Waals surface area contributed by atoms with Gasteiger partial charge in [-0.3, -0.25) is 5.32 Å². The number of anilines is 2. The van der Waals surface area contributed by atoms with Crippen LogP contribution in [0.4, 0.5) is 16.2 Å². The fourth-order valence-electron chi connectivity index (χ4n) is 1.81. The smallest absolute Gasteiger partial charge is 0.411 e. The Kier molecular flexibility index (Phi) is 5.46. The van der Waals surface area contributed by atoms with Crippen molar-refractivity contribution in [1.29, 1.82) is 0 Å². The number of halogens is 1. The molecule has 0 radical (unpaired) electrons. The zero-order valence-electron chi connectivity index (χ0n) is 11.7. The number of ether oxygens (including phenoxy) is 1. The standard InChI is InChI=1S/C16H17ClN2O2/c1-12-6-2-4-8-14(12)18-10-11-21-16(20)19-15-9-5-3-7-13(15)17/h2-9,18H,10-11H2,1H3,(H,19,20). The van der Waals surface area contributed by atoms with Gasteiger partial charge in [-0.2, -0.15) is 0 Å². The van der Waals surface area contributed by atoms with E-state index in [1.54, 1.807) is 24.3 Å². The largest absolute Gasteiger partial charge is 0.447 e. The maximum Gasteiger partial charge on any atom is 0.411 e. The lowest BCUT2D eigenvalue weighted by atomic mass is 10.2. The fourth-order valence-corrected chi connectivity index (χ4v) is 1.99. The molecule has 0 spiro atoms. The number of carbonyl (C=O) groups excluding carboxylic acids is 1. The maximum absolute atomic E-state index is 11.6. The summed E-state index contributed by atoms with van der Waals surface area (Å²) in [5, 5.41) is 6.29. The highest BCUT2D eigenvalue weighted by atomic mass is 35.5. The molecule has 0 aliphatic rings. The minimum atomic E-state index is -0.519. The normalized spacial score (nSPS) is 10.0. The van der Waals surface area contributed by atoms with Crippen LogP contribution in [-0.2, 0) is 4.74 Å². The highest BCUT2D eigenvalue weighted by Crippen LogP contribution is 2.20. The van der Waals surface area contributed by atoms with E-state index >= 15 is 0 Å². The Bertz CT molecular complexity index is 617. The van der Waals surface area contributed by atoms with Gasteiger partial charge in [-0.1, -0.05) is 41.9 Å². The van der Waals surface area contributed by atoms with Crippen LogP contribution < -0.4 is 10.6 Å². The minimum absolute atomic E-state index is 0.268. The molecular formula is C16H17ClN2O2. The summed E-state index contributed by atoms with van der Waals surface area (Å²) >= 11 is 5.94. The molecule has 0 atom stereocenters. The maximum atomic E-state index is 11.6. The van der Waals surface area contributed by atoms with E-state index in [1.165, 1.54) is 0 Å². The second kappa shape index (κ2) is 7.55. The van der Waals surface area contributed by atoms with Crippen LogP contribution in [0.3, 0.4) is 0 Å². The van der Waals surface area contributed by atoms with Crippen molar-refractivity contribution in [3.8, 4) is 0 Å². The third-order valence-electron chi connectivity index (χ3n) is 2.91. The Hall–Kier alpha value is -2.20. The van der Waals surface area contributed by atoms with Crippen molar-refractivity contribution < 1.29 is 9.53 Å². The molecule has 0 bridgehead atoms. The molecule has 2 aromatic rings. The summed E-state index contributed by atoms with van der Waals surface area (Å²) in [6.45, 7) is 2.83. The first kappa shape index (κ1) is 15.2. The summed E-state index contributed by atoms with van der Waals surface area (Å²) in [7, 11) is 0. The van der Waals surface area contributed by atoms with Crippen LogP contribution in [0.2, 0.25) is 5.02 Å². The van der Waals surface area contributed by atoms with E-state index in [0.717, 1.165) is 11.3 Å². The van der Waals surface area contributed by atoms with Gasteiger partial charge in [0.15, 0.2) is 0 Å². The van der Waals surface area contributed by atoms with Gasteiger partial charge in [0.05, 0.1) is 10.7 Å². The Morgan fingerprint density at radius 1 is 1.10 bits per heavy atom. The molecular weight excluding hydrogens is 288 g/mol. The van der Waals surface area contributed by atoms with Gasteiger partial charge in [0.2, 0.25) is 0 Å². The second-order valence-electron chi connectivity index (χ2n) is 4.48. The van der Waals surface area contributed by atoms with Gasteiger partial charge in [-0.05, 0) is 30.7 Å². The number of nitrogens with one attached hydrogen (secondary N) is 2. The van der Waals surface area contributed by atoms with Crippen LogP contribution >= 0.6 is 11.6 Å². The molecule has 0 fully saturated rings. The zero-order valence-corrected chi connectivity index (χ0v) is 12.5. The van der Waals surface area contributed by atoms with Crippen LogP contribution in [0, 0.1) is 6.92 Å². The Balaban J connectivity index is 1.73. The average molecular weight is 305 g/mol. The molecule has 0 unspecified atom stereocenters. The van der Waals surface area contributed by atoms with Crippen molar-refractivity contribution in [3.63, 3.8) is 0 Å².